The molecule has 0 aliphatic heterocycles. The van der Waals surface area contributed by atoms with Crippen LogP contribution < -0.4 is 34.9 Å². The van der Waals surface area contributed by atoms with Crippen molar-refractivity contribution in [3.05, 3.63) is 144 Å². The van der Waals surface area contributed by atoms with Crippen LogP contribution in [0, 0.1) is 0 Å². The minimum atomic E-state index is -2.26. The largest absolute Gasteiger partial charge is 0.0622 e. The summed E-state index contributed by atoms with van der Waals surface area (Å²) in [5.41, 5.74) is 3.90. The number of rotatable bonds is 12. The third kappa shape index (κ3) is 11.3. The molecule has 4 nitrogen and oxygen atoms in total. The Balaban J connectivity index is 0.000000239. The average Bonchev–Trinajstić information content (AvgIpc) is 3.49. The molecule has 6 rings (SSSR count). The van der Waals surface area contributed by atoms with E-state index in [1.54, 1.807) is 0 Å². The normalized spacial score (nSPS) is 12.5. The Labute approximate surface area is 330 Å². The van der Waals surface area contributed by atoms with Gasteiger partial charge >= 0.3 is 217 Å². The number of ether oxygens (including phenoxy) is 4. The second-order valence-electron chi connectivity index (χ2n) is 13.6. The summed E-state index contributed by atoms with van der Waals surface area (Å²) in [6.07, 6.45) is 2.18. The van der Waals surface area contributed by atoms with Crippen LogP contribution in [0.3, 0.4) is 0 Å². The Morgan fingerprint density at radius 2 is 0.887 bits per heavy atom. The molecular weight excluding hydrogens is 807 g/mol. The Morgan fingerprint density at radius 1 is 0.491 bits per heavy atom. The molecule has 0 N–H and O–H groups in total. The van der Waals surface area contributed by atoms with E-state index in [1.165, 1.54) is 15.9 Å². The summed E-state index contributed by atoms with van der Waals surface area (Å²) in [5.74, 6) is 2.97. The average molecular weight is 857 g/mol. The minimum Gasteiger partial charge on any atom is -0.0622 e. The van der Waals surface area contributed by atoms with Gasteiger partial charge in [-0.25, -0.2) is 0 Å². The van der Waals surface area contributed by atoms with Gasteiger partial charge in [-0.15, -0.1) is 0 Å². The Hall–Kier alpha value is -3.46. The summed E-state index contributed by atoms with van der Waals surface area (Å²) < 4.78 is 25.3. The Kier molecular flexibility index (Phi) is 14.8. The molecule has 5 aromatic rings. The SMILES string of the molecule is CC(C)Oc1cc(OC(C)C)cc(C2=C[C](=[Ru]([Cl])[Cl])c3c(OC(C)C)cc(OC(C)C)cc32)c1.c1ccc(P(c2ccccc2)c2ccccc2)cc1. The molecule has 0 bridgehead atoms. The van der Waals surface area contributed by atoms with Crippen molar-refractivity contribution >= 4 is 52.9 Å². The first-order valence-corrected chi connectivity index (χ1v) is 24.6. The molecule has 0 saturated heterocycles. The van der Waals surface area contributed by atoms with Gasteiger partial charge in [-0.3, -0.25) is 0 Å². The van der Waals surface area contributed by atoms with Crippen LogP contribution in [0.4, 0.5) is 0 Å². The molecule has 0 saturated carbocycles. The van der Waals surface area contributed by atoms with E-state index in [2.05, 4.69) is 97.1 Å². The van der Waals surface area contributed by atoms with E-state index in [9.17, 15) is 0 Å². The van der Waals surface area contributed by atoms with Crippen molar-refractivity contribution in [2.75, 3.05) is 0 Å². The number of benzene rings is 5. The second-order valence-corrected chi connectivity index (χ2v) is 21.7. The predicted octanol–water partition coefficient (Wildman–Crippen LogP) is 11.2. The molecular formula is C45H49Cl2O4PRu. The second kappa shape index (κ2) is 19.2. The van der Waals surface area contributed by atoms with Crippen molar-refractivity contribution in [1.82, 2.24) is 0 Å². The van der Waals surface area contributed by atoms with Crippen molar-refractivity contribution in [3.8, 4) is 23.0 Å². The molecule has 1 aliphatic carbocycles. The van der Waals surface area contributed by atoms with E-state index in [0.29, 0.717) is 0 Å². The van der Waals surface area contributed by atoms with E-state index < -0.39 is 21.4 Å². The van der Waals surface area contributed by atoms with Gasteiger partial charge in [0.2, 0.25) is 0 Å². The summed E-state index contributed by atoms with van der Waals surface area (Å²) in [6.45, 7) is 16.1. The molecule has 0 unspecified atom stereocenters. The molecule has 53 heavy (non-hydrogen) atoms. The zero-order chi connectivity index (χ0) is 38.1. The van der Waals surface area contributed by atoms with Crippen LogP contribution >= 0.6 is 27.3 Å². The first-order chi connectivity index (χ1) is 25.4. The van der Waals surface area contributed by atoms with Crippen LogP contribution in [0.25, 0.3) is 5.57 Å². The van der Waals surface area contributed by atoms with Crippen molar-refractivity contribution < 1.29 is 32.5 Å². The molecule has 0 amide bonds. The maximum atomic E-state index is 6.59. The summed E-state index contributed by atoms with van der Waals surface area (Å²) in [5, 5.41) is 4.19. The van der Waals surface area contributed by atoms with Crippen LogP contribution in [0.15, 0.2) is 127 Å². The molecule has 0 spiro atoms. The third-order valence-electron chi connectivity index (χ3n) is 7.72. The molecule has 0 fully saturated rings. The van der Waals surface area contributed by atoms with Gasteiger partial charge in [0.25, 0.3) is 0 Å². The van der Waals surface area contributed by atoms with E-state index in [1.807, 2.05) is 85.7 Å². The van der Waals surface area contributed by atoms with Gasteiger partial charge in [-0.05, 0) is 23.8 Å². The van der Waals surface area contributed by atoms with Gasteiger partial charge < -0.3 is 0 Å². The summed E-state index contributed by atoms with van der Waals surface area (Å²) in [4.78, 5) is 0. The first-order valence-electron chi connectivity index (χ1n) is 17.9. The fourth-order valence-corrected chi connectivity index (χ4v) is 10.7. The predicted molar refractivity (Wildman–Crippen MR) is 224 cm³/mol. The molecule has 8 heteroatoms. The van der Waals surface area contributed by atoms with Gasteiger partial charge in [-0.2, -0.15) is 0 Å². The molecule has 1 aliphatic rings. The van der Waals surface area contributed by atoms with Gasteiger partial charge in [0.1, 0.15) is 0 Å². The van der Waals surface area contributed by atoms with Crippen LogP contribution in [0.1, 0.15) is 72.1 Å². The van der Waals surface area contributed by atoms with Crippen molar-refractivity contribution in [2.45, 2.75) is 79.8 Å². The first kappa shape index (κ1) is 40.7. The monoisotopic (exact) mass is 856 g/mol. The Bertz CT molecular complexity index is 1890. The third-order valence-corrected chi connectivity index (χ3v) is 13.3. The number of hydrogen-bond acceptors (Lipinski definition) is 4. The van der Waals surface area contributed by atoms with Gasteiger partial charge in [0, 0.05) is 0 Å². The zero-order valence-corrected chi connectivity index (χ0v) is 35.8. The molecule has 0 radical (unpaired) electrons. The fourth-order valence-electron chi connectivity index (χ4n) is 5.93. The molecule has 5 aromatic carbocycles. The molecule has 0 atom stereocenters. The summed E-state index contributed by atoms with van der Waals surface area (Å²) >= 11 is -2.26. The van der Waals surface area contributed by atoms with Crippen molar-refractivity contribution in [3.63, 3.8) is 0 Å². The molecule has 280 valence electrons. The van der Waals surface area contributed by atoms with Crippen LogP contribution in [0.2, 0.25) is 0 Å². The van der Waals surface area contributed by atoms with Gasteiger partial charge in [0.05, 0.1) is 0 Å². The Morgan fingerprint density at radius 3 is 1.26 bits per heavy atom. The van der Waals surface area contributed by atoms with E-state index in [4.69, 9.17) is 38.3 Å². The number of allylic oxidation sites excluding steroid dienone is 1. The summed E-state index contributed by atoms with van der Waals surface area (Å²) in [6, 6.07) is 42.3. The van der Waals surface area contributed by atoms with E-state index >= 15 is 0 Å². The maximum Gasteiger partial charge on any atom is -0.0134 e. The van der Waals surface area contributed by atoms with Crippen molar-refractivity contribution in [1.29, 1.82) is 0 Å². The fraction of sp³-hybridized carbons (Fsp3) is 0.267. The van der Waals surface area contributed by atoms with Crippen LogP contribution in [-0.4, -0.2) is 28.5 Å². The smallest absolute Gasteiger partial charge is 0.0134 e. The minimum absolute atomic E-state index is 0.0104. The molecule has 0 heterocycles. The van der Waals surface area contributed by atoms with Crippen molar-refractivity contribution in [2.24, 2.45) is 0 Å². The maximum absolute atomic E-state index is 6.59. The number of halogens is 2. The molecule has 0 aromatic heterocycles. The standard InChI is InChI=1S/C27H34O4.C18H15P.2ClH.Ru/c1-16(2)28-21-11-20(12-22(13-21)29-17(3)4)24-9-10-25-26(24)14-23(30-18(5)6)15-27(25)31-19(7)8;1-4-10-16(11-5-1)19(17-12-6-2-7-13-17)18-14-8-3-9-15-18;;;/h9,11-19H,1-8H3;1-15H;2*1H;/q;;;;+2/p-2. The van der Waals surface area contributed by atoms with Crippen LogP contribution in [0.5, 0.6) is 23.0 Å². The van der Waals surface area contributed by atoms with Gasteiger partial charge in [0.15, 0.2) is 0 Å². The quantitative estimate of drug-likeness (QED) is 0.0925. The van der Waals surface area contributed by atoms with E-state index in [0.717, 1.165) is 49.4 Å². The zero-order valence-electron chi connectivity index (χ0n) is 31.6. The number of hydrogen-bond donors (Lipinski definition) is 0. The van der Waals surface area contributed by atoms with Crippen LogP contribution in [-0.2, 0) is 13.5 Å². The summed E-state index contributed by atoms with van der Waals surface area (Å²) in [7, 11) is 12.7. The van der Waals surface area contributed by atoms with Gasteiger partial charge in [-0.1, -0.05) is 91.0 Å². The number of fused-ring (bicyclic) bond motifs is 1. The topological polar surface area (TPSA) is 36.9 Å². The van der Waals surface area contributed by atoms with E-state index in [-0.39, 0.29) is 24.4 Å².